The van der Waals surface area contributed by atoms with E-state index in [2.05, 4.69) is 37.1 Å². The SMILES string of the molecule is CC#CCCOc1ccccc1CNC(C)C. The summed E-state index contributed by atoms with van der Waals surface area (Å²) >= 11 is 0. The third-order valence-electron chi connectivity index (χ3n) is 2.33. The Morgan fingerprint density at radius 3 is 2.76 bits per heavy atom. The van der Waals surface area contributed by atoms with Gasteiger partial charge in [0.15, 0.2) is 0 Å². The molecule has 2 heteroatoms. The van der Waals surface area contributed by atoms with Gasteiger partial charge in [-0.3, -0.25) is 0 Å². The summed E-state index contributed by atoms with van der Waals surface area (Å²) in [5, 5.41) is 3.40. The Labute approximate surface area is 104 Å². The summed E-state index contributed by atoms with van der Waals surface area (Å²) < 4.78 is 5.73. The van der Waals surface area contributed by atoms with Crippen LogP contribution >= 0.6 is 0 Å². The quantitative estimate of drug-likeness (QED) is 0.600. The zero-order valence-electron chi connectivity index (χ0n) is 10.9. The van der Waals surface area contributed by atoms with Crippen LogP contribution in [0.25, 0.3) is 0 Å². The largest absolute Gasteiger partial charge is 0.492 e. The number of nitrogens with one attached hydrogen (secondary N) is 1. The first kappa shape index (κ1) is 13.6. The van der Waals surface area contributed by atoms with Crippen LogP contribution in [0.4, 0.5) is 0 Å². The number of benzene rings is 1. The van der Waals surface area contributed by atoms with Gasteiger partial charge in [0.25, 0.3) is 0 Å². The van der Waals surface area contributed by atoms with Gasteiger partial charge in [-0.2, -0.15) is 0 Å². The van der Waals surface area contributed by atoms with E-state index >= 15 is 0 Å². The van der Waals surface area contributed by atoms with Gasteiger partial charge in [-0.1, -0.05) is 32.0 Å². The molecule has 0 saturated heterocycles. The van der Waals surface area contributed by atoms with Gasteiger partial charge in [-0.25, -0.2) is 0 Å². The van der Waals surface area contributed by atoms with Gasteiger partial charge in [0.2, 0.25) is 0 Å². The van der Waals surface area contributed by atoms with E-state index < -0.39 is 0 Å². The van der Waals surface area contributed by atoms with Gasteiger partial charge in [-0.05, 0) is 13.0 Å². The van der Waals surface area contributed by atoms with Crippen LogP contribution in [-0.2, 0) is 6.54 Å². The third kappa shape index (κ3) is 5.42. The summed E-state index contributed by atoms with van der Waals surface area (Å²) in [7, 11) is 0. The van der Waals surface area contributed by atoms with Crippen molar-refractivity contribution in [3.05, 3.63) is 29.8 Å². The molecule has 0 aromatic heterocycles. The van der Waals surface area contributed by atoms with Crippen LogP contribution in [0.2, 0.25) is 0 Å². The van der Waals surface area contributed by atoms with E-state index in [-0.39, 0.29) is 0 Å². The minimum atomic E-state index is 0.481. The van der Waals surface area contributed by atoms with E-state index in [1.807, 2.05) is 25.1 Å². The monoisotopic (exact) mass is 231 g/mol. The van der Waals surface area contributed by atoms with Gasteiger partial charge >= 0.3 is 0 Å². The molecule has 0 fully saturated rings. The maximum Gasteiger partial charge on any atom is 0.123 e. The number of hydrogen-bond donors (Lipinski definition) is 1. The highest BCUT2D eigenvalue weighted by Gasteiger charge is 2.02. The van der Waals surface area contributed by atoms with Crippen molar-refractivity contribution in [2.45, 2.75) is 39.8 Å². The molecule has 0 aliphatic rings. The lowest BCUT2D eigenvalue weighted by molar-refractivity contribution is 0.322. The molecular weight excluding hydrogens is 210 g/mol. The van der Waals surface area contributed by atoms with E-state index in [4.69, 9.17) is 4.74 Å². The van der Waals surface area contributed by atoms with Crippen molar-refractivity contribution in [2.75, 3.05) is 6.61 Å². The Hall–Kier alpha value is -1.46. The molecule has 1 aromatic rings. The molecule has 0 amide bonds. The van der Waals surface area contributed by atoms with Crippen molar-refractivity contribution in [3.63, 3.8) is 0 Å². The van der Waals surface area contributed by atoms with Crippen molar-refractivity contribution in [1.82, 2.24) is 5.32 Å². The predicted molar refractivity (Wildman–Crippen MR) is 72.0 cm³/mol. The van der Waals surface area contributed by atoms with Crippen LogP contribution in [0.15, 0.2) is 24.3 Å². The molecule has 1 aromatic carbocycles. The average molecular weight is 231 g/mol. The molecule has 0 bridgehead atoms. The molecule has 0 heterocycles. The molecule has 0 unspecified atom stereocenters. The zero-order chi connectivity index (χ0) is 12.5. The second-order valence-electron chi connectivity index (χ2n) is 4.17. The smallest absolute Gasteiger partial charge is 0.123 e. The number of hydrogen-bond acceptors (Lipinski definition) is 2. The topological polar surface area (TPSA) is 21.3 Å². The second kappa shape index (κ2) is 7.76. The average Bonchev–Trinajstić information content (AvgIpc) is 2.33. The molecule has 1 rings (SSSR count). The van der Waals surface area contributed by atoms with Crippen LogP contribution in [0.3, 0.4) is 0 Å². The first-order chi connectivity index (χ1) is 8.24. The highest BCUT2D eigenvalue weighted by Crippen LogP contribution is 2.17. The lowest BCUT2D eigenvalue weighted by Crippen LogP contribution is -2.22. The molecule has 0 atom stereocenters. The molecule has 0 spiro atoms. The maximum absolute atomic E-state index is 5.73. The maximum atomic E-state index is 5.73. The summed E-state index contributed by atoms with van der Waals surface area (Å²) in [6.07, 6.45) is 0.780. The van der Waals surface area contributed by atoms with Crippen LogP contribution in [0.1, 0.15) is 32.8 Å². The molecule has 0 aliphatic heterocycles. The molecule has 0 aliphatic carbocycles. The summed E-state index contributed by atoms with van der Waals surface area (Å²) in [5.74, 6) is 6.82. The Kier molecular flexibility index (Phi) is 6.21. The van der Waals surface area contributed by atoms with Crippen molar-refractivity contribution in [1.29, 1.82) is 0 Å². The molecule has 92 valence electrons. The van der Waals surface area contributed by atoms with E-state index in [1.54, 1.807) is 0 Å². The zero-order valence-corrected chi connectivity index (χ0v) is 10.9. The van der Waals surface area contributed by atoms with Gasteiger partial charge in [0.05, 0.1) is 6.61 Å². The third-order valence-corrected chi connectivity index (χ3v) is 2.33. The Morgan fingerprint density at radius 2 is 2.06 bits per heavy atom. The summed E-state index contributed by atoms with van der Waals surface area (Å²) in [5.41, 5.74) is 1.20. The minimum Gasteiger partial charge on any atom is -0.492 e. The summed E-state index contributed by atoms with van der Waals surface area (Å²) in [6.45, 7) is 7.62. The van der Waals surface area contributed by atoms with E-state index in [9.17, 15) is 0 Å². The van der Waals surface area contributed by atoms with E-state index in [0.717, 1.165) is 18.7 Å². The Bertz CT molecular complexity index is 387. The first-order valence-electron chi connectivity index (χ1n) is 6.07. The second-order valence-corrected chi connectivity index (χ2v) is 4.17. The fourth-order valence-corrected chi connectivity index (χ4v) is 1.44. The van der Waals surface area contributed by atoms with Crippen molar-refractivity contribution >= 4 is 0 Å². The van der Waals surface area contributed by atoms with Gasteiger partial charge in [0.1, 0.15) is 5.75 Å². The normalized spacial score (nSPS) is 9.88. The lowest BCUT2D eigenvalue weighted by Gasteiger charge is -2.12. The summed E-state index contributed by atoms with van der Waals surface area (Å²) in [4.78, 5) is 0. The molecule has 1 N–H and O–H groups in total. The van der Waals surface area contributed by atoms with Crippen LogP contribution < -0.4 is 10.1 Å². The summed E-state index contributed by atoms with van der Waals surface area (Å²) in [6, 6.07) is 8.62. The Morgan fingerprint density at radius 1 is 1.29 bits per heavy atom. The predicted octanol–water partition coefficient (Wildman–Crippen LogP) is 2.98. The van der Waals surface area contributed by atoms with Crippen molar-refractivity contribution in [2.24, 2.45) is 0 Å². The molecular formula is C15H21NO. The molecule has 2 nitrogen and oxygen atoms in total. The highest BCUT2D eigenvalue weighted by molar-refractivity contribution is 5.33. The number of para-hydroxylation sites is 1. The van der Waals surface area contributed by atoms with Crippen LogP contribution in [0.5, 0.6) is 5.75 Å². The van der Waals surface area contributed by atoms with Crippen LogP contribution in [-0.4, -0.2) is 12.6 Å². The van der Waals surface area contributed by atoms with Crippen molar-refractivity contribution < 1.29 is 4.74 Å². The van der Waals surface area contributed by atoms with Crippen molar-refractivity contribution in [3.8, 4) is 17.6 Å². The highest BCUT2D eigenvalue weighted by atomic mass is 16.5. The van der Waals surface area contributed by atoms with Gasteiger partial charge < -0.3 is 10.1 Å². The van der Waals surface area contributed by atoms with Gasteiger partial charge in [0, 0.05) is 24.6 Å². The first-order valence-corrected chi connectivity index (χ1v) is 6.07. The van der Waals surface area contributed by atoms with Crippen LogP contribution in [0, 0.1) is 11.8 Å². The fraction of sp³-hybridized carbons (Fsp3) is 0.467. The van der Waals surface area contributed by atoms with E-state index in [1.165, 1.54) is 5.56 Å². The molecule has 0 radical (unpaired) electrons. The fourth-order valence-electron chi connectivity index (χ4n) is 1.44. The lowest BCUT2D eigenvalue weighted by atomic mass is 10.2. The van der Waals surface area contributed by atoms with Gasteiger partial charge in [-0.15, -0.1) is 11.8 Å². The standard InChI is InChI=1S/C15H21NO/c1-4-5-8-11-17-15-10-7-6-9-14(15)12-16-13(2)3/h6-7,9-10,13,16H,8,11-12H2,1-3H3. The number of rotatable bonds is 6. The van der Waals surface area contributed by atoms with E-state index in [0.29, 0.717) is 12.6 Å². The molecule has 17 heavy (non-hydrogen) atoms. The molecule has 0 saturated carbocycles. The Balaban J connectivity index is 2.53. The minimum absolute atomic E-state index is 0.481. The number of ether oxygens (including phenoxy) is 1.